The number of amides is 2. The molecule has 1 aliphatic heterocycles. The van der Waals surface area contributed by atoms with E-state index in [1.54, 1.807) is 17.0 Å². The number of aliphatic hydroxyl groups is 1. The van der Waals surface area contributed by atoms with Crippen LogP contribution in [0.3, 0.4) is 0 Å². The third kappa shape index (κ3) is 8.48. The maximum absolute atomic E-state index is 13.0. The van der Waals surface area contributed by atoms with Crippen LogP contribution < -0.4 is 5.32 Å². The van der Waals surface area contributed by atoms with E-state index in [9.17, 15) is 14.3 Å². The monoisotopic (exact) mass is 509 g/mol. The smallest absolute Gasteiger partial charge is 0.321 e. The molecule has 0 aliphatic carbocycles. The molecule has 1 heterocycles. The predicted molar refractivity (Wildman–Crippen MR) is 124 cm³/mol. The minimum atomic E-state index is -0.851. The first-order chi connectivity index (χ1) is 15.5. The molecule has 1 aliphatic rings. The summed E-state index contributed by atoms with van der Waals surface area (Å²) in [5.74, 6) is -0.304. The summed E-state index contributed by atoms with van der Waals surface area (Å²) in [5, 5.41) is 13.4. The molecule has 3 rings (SSSR count). The molecular formula is C23H29BrFN3O4. The molecule has 0 saturated carbocycles. The van der Waals surface area contributed by atoms with E-state index in [1.807, 2.05) is 24.3 Å². The van der Waals surface area contributed by atoms with Gasteiger partial charge in [-0.05, 0) is 42.0 Å². The third-order valence-electron chi connectivity index (χ3n) is 5.10. The summed E-state index contributed by atoms with van der Waals surface area (Å²) in [4.78, 5) is 16.7. The van der Waals surface area contributed by atoms with Crippen molar-refractivity contribution < 1.29 is 23.8 Å². The van der Waals surface area contributed by atoms with Gasteiger partial charge in [0.1, 0.15) is 5.82 Å². The molecule has 2 N–H and O–H groups in total. The van der Waals surface area contributed by atoms with Crippen molar-refractivity contribution in [3.8, 4) is 0 Å². The highest BCUT2D eigenvalue weighted by molar-refractivity contribution is 9.10. The van der Waals surface area contributed by atoms with Gasteiger partial charge in [0.05, 0.1) is 39.1 Å². The normalized spacial score (nSPS) is 15.3. The zero-order chi connectivity index (χ0) is 22.8. The number of benzene rings is 2. The number of rotatable bonds is 10. The van der Waals surface area contributed by atoms with Crippen LogP contribution in [0.4, 0.5) is 14.9 Å². The molecule has 1 saturated heterocycles. The van der Waals surface area contributed by atoms with Gasteiger partial charge < -0.3 is 24.8 Å². The van der Waals surface area contributed by atoms with Crippen molar-refractivity contribution >= 4 is 27.6 Å². The lowest BCUT2D eigenvalue weighted by molar-refractivity contribution is 0.0109. The van der Waals surface area contributed by atoms with Crippen molar-refractivity contribution in [3.05, 3.63) is 64.4 Å². The fourth-order valence-corrected chi connectivity index (χ4v) is 3.56. The number of ether oxygens (including phenoxy) is 2. The second kappa shape index (κ2) is 12.9. The number of hydrogen-bond acceptors (Lipinski definition) is 5. The topological polar surface area (TPSA) is 74.3 Å². The zero-order valence-electron chi connectivity index (χ0n) is 17.9. The van der Waals surface area contributed by atoms with E-state index in [2.05, 4.69) is 26.1 Å². The molecule has 0 aromatic heterocycles. The fraction of sp³-hybridized carbons (Fsp3) is 0.435. The van der Waals surface area contributed by atoms with Gasteiger partial charge in [0, 0.05) is 36.3 Å². The van der Waals surface area contributed by atoms with Crippen LogP contribution >= 0.6 is 15.9 Å². The number of nitrogens with zero attached hydrogens (tertiary/aromatic N) is 2. The molecule has 1 fully saturated rings. The Labute approximate surface area is 196 Å². The molecule has 174 valence electrons. The van der Waals surface area contributed by atoms with Crippen LogP contribution in [0.5, 0.6) is 0 Å². The number of hydrogen-bond donors (Lipinski definition) is 2. The van der Waals surface area contributed by atoms with E-state index in [0.29, 0.717) is 32.0 Å². The molecule has 32 heavy (non-hydrogen) atoms. The lowest BCUT2D eigenvalue weighted by Gasteiger charge is -2.31. The summed E-state index contributed by atoms with van der Waals surface area (Å²) >= 11 is 3.38. The van der Waals surface area contributed by atoms with Gasteiger partial charge in [0.15, 0.2) is 0 Å². The van der Waals surface area contributed by atoms with Crippen LogP contribution in [-0.2, 0) is 16.1 Å². The van der Waals surface area contributed by atoms with Crippen LogP contribution in [0.25, 0.3) is 0 Å². The molecule has 2 aromatic carbocycles. The van der Waals surface area contributed by atoms with Gasteiger partial charge in [-0.3, -0.25) is 4.90 Å². The van der Waals surface area contributed by atoms with Crippen LogP contribution in [0.2, 0.25) is 0 Å². The predicted octanol–water partition coefficient (Wildman–Crippen LogP) is 3.33. The second-order valence-corrected chi connectivity index (χ2v) is 8.55. The van der Waals surface area contributed by atoms with Gasteiger partial charge in [0.2, 0.25) is 0 Å². The largest absolute Gasteiger partial charge is 0.389 e. The van der Waals surface area contributed by atoms with Crippen molar-refractivity contribution in [2.75, 3.05) is 57.9 Å². The Balaban J connectivity index is 1.52. The highest BCUT2D eigenvalue weighted by Gasteiger charge is 2.20. The van der Waals surface area contributed by atoms with Gasteiger partial charge in [0.25, 0.3) is 0 Å². The molecule has 7 nitrogen and oxygen atoms in total. The number of urea groups is 1. The number of halogens is 2. The van der Waals surface area contributed by atoms with E-state index >= 15 is 0 Å². The highest BCUT2D eigenvalue weighted by atomic mass is 79.9. The lowest BCUT2D eigenvalue weighted by atomic mass is 10.2. The number of aliphatic hydroxyl groups excluding tert-OH is 1. The van der Waals surface area contributed by atoms with Crippen molar-refractivity contribution in [1.29, 1.82) is 0 Å². The van der Waals surface area contributed by atoms with Gasteiger partial charge in [-0.15, -0.1) is 0 Å². The lowest BCUT2D eigenvalue weighted by Crippen LogP contribution is -2.47. The average Bonchev–Trinajstić information content (AvgIpc) is 2.80. The maximum Gasteiger partial charge on any atom is 0.321 e. The number of anilines is 1. The van der Waals surface area contributed by atoms with Crippen molar-refractivity contribution in [3.63, 3.8) is 0 Å². The summed E-state index contributed by atoms with van der Waals surface area (Å²) in [5.41, 5.74) is 1.49. The van der Waals surface area contributed by atoms with Gasteiger partial charge in [-0.1, -0.05) is 28.1 Å². The number of morpholine rings is 1. The Morgan fingerprint density at radius 2 is 1.88 bits per heavy atom. The molecule has 2 aromatic rings. The molecule has 0 radical (unpaired) electrons. The Kier molecular flexibility index (Phi) is 9.89. The SMILES string of the molecule is O=C(Nc1ccc(Br)cc1)N(CCN1CCOCC1)CC(O)COCc1ccc(F)cc1. The highest BCUT2D eigenvalue weighted by Crippen LogP contribution is 2.15. The van der Waals surface area contributed by atoms with Gasteiger partial charge in [-0.25, -0.2) is 9.18 Å². The summed E-state index contributed by atoms with van der Waals surface area (Å²) < 4.78 is 24.9. The van der Waals surface area contributed by atoms with Crippen LogP contribution in [0, 0.1) is 5.82 Å². The van der Waals surface area contributed by atoms with Crippen molar-refractivity contribution in [2.45, 2.75) is 12.7 Å². The summed E-state index contributed by atoms with van der Waals surface area (Å²) in [6.45, 7) is 4.65. The summed E-state index contributed by atoms with van der Waals surface area (Å²) in [6.07, 6.45) is -0.851. The van der Waals surface area contributed by atoms with Crippen LogP contribution in [0.1, 0.15) is 5.56 Å². The van der Waals surface area contributed by atoms with Crippen LogP contribution in [-0.4, -0.2) is 79.6 Å². The zero-order valence-corrected chi connectivity index (χ0v) is 19.5. The number of nitrogens with one attached hydrogen (secondary N) is 1. The second-order valence-electron chi connectivity index (χ2n) is 7.63. The minimum absolute atomic E-state index is 0.0665. The van der Waals surface area contributed by atoms with Crippen LogP contribution in [0.15, 0.2) is 53.0 Å². The fourth-order valence-electron chi connectivity index (χ4n) is 3.30. The van der Waals surface area contributed by atoms with E-state index in [-0.39, 0.29) is 31.6 Å². The van der Waals surface area contributed by atoms with E-state index in [1.165, 1.54) is 12.1 Å². The average molecular weight is 510 g/mol. The molecule has 9 heteroatoms. The first-order valence-electron chi connectivity index (χ1n) is 10.6. The molecular weight excluding hydrogens is 481 g/mol. The summed E-state index contributed by atoms with van der Waals surface area (Å²) in [7, 11) is 0. The molecule has 1 atom stereocenters. The Bertz CT molecular complexity index is 832. The Hall–Kier alpha value is -2.04. The van der Waals surface area contributed by atoms with Gasteiger partial charge >= 0.3 is 6.03 Å². The first kappa shape index (κ1) is 24.6. The van der Waals surface area contributed by atoms with E-state index in [0.717, 1.165) is 23.1 Å². The minimum Gasteiger partial charge on any atom is -0.389 e. The maximum atomic E-state index is 13.0. The summed E-state index contributed by atoms with van der Waals surface area (Å²) in [6, 6.07) is 13.1. The number of carbonyl (C=O) groups is 1. The van der Waals surface area contributed by atoms with Crippen molar-refractivity contribution in [2.24, 2.45) is 0 Å². The molecule has 0 bridgehead atoms. The first-order valence-corrected chi connectivity index (χ1v) is 11.4. The van der Waals surface area contributed by atoms with Gasteiger partial charge in [-0.2, -0.15) is 0 Å². The molecule has 0 spiro atoms. The van der Waals surface area contributed by atoms with E-state index in [4.69, 9.17) is 9.47 Å². The number of carbonyl (C=O) groups excluding carboxylic acids is 1. The quantitative estimate of drug-likeness (QED) is 0.513. The third-order valence-corrected chi connectivity index (χ3v) is 5.62. The molecule has 1 unspecified atom stereocenters. The molecule has 2 amide bonds. The Morgan fingerprint density at radius 1 is 1.19 bits per heavy atom. The standard InChI is InChI=1S/C23H29BrFN3O4/c24-19-3-7-21(8-4-19)26-23(30)28(10-9-27-11-13-31-14-12-27)15-22(29)17-32-16-18-1-5-20(25)6-2-18/h1-8,22,29H,9-17H2,(H,26,30). The van der Waals surface area contributed by atoms with Crippen molar-refractivity contribution in [1.82, 2.24) is 9.80 Å². The Morgan fingerprint density at radius 3 is 2.56 bits per heavy atom. The van der Waals surface area contributed by atoms with E-state index < -0.39 is 6.10 Å².